The average molecular weight is 273 g/mol. The molecule has 0 aromatic rings. The average Bonchev–Trinajstić information content (AvgIpc) is 2.34. The van der Waals surface area contributed by atoms with E-state index in [1.165, 1.54) is 0 Å². The van der Waals surface area contributed by atoms with Crippen LogP contribution < -0.4 is 5.32 Å². The lowest BCUT2D eigenvalue weighted by Gasteiger charge is -2.12. The zero-order valence-corrected chi connectivity index (χ0v) is 11.3. The molecule has 0 aliphatic carbocycles. The first-order valence-electron chi connectivity index (χ1n) is 5.94. The molecule has 0 unspecified atom stereocenters. The fourth-order valence-corrected chi connectivity index (χ4v) is 0.997. The molecule has 0 aromatic heterocycles. The predicted octanol–water partition coefficient (Wildman–Crippen LogP) is 0.783. The SMILES string of the molecule is CCOC(=O)/C=C/C(=O)OC[C@H](C)NC(=O)OCC. The second-order valence-electron chi connectivity index (χ2n) is 3.48. The van der Waals surface area contributed by atoms with Gasteiger partial charge >= 0.3 is 18.0 Å². The molecule has 0 saturated heterocycles. The monoisotopic (exact) mass is 273 g/mol. The van der Waals surface area contributed by atoms with E-state index in [1.54, 1.807) is 20.8 Å². The van der Waals surface area contributed by atoms with Gasteiger partial charge in [-0.05, 0) is 20.8 Å². The quantitative estimate of drug-likeness (QED) is 0.419. The number of carbonyl (C=O) groups excluding carboxylic acids is 3. The minimum atomic E-state index is -0.689. The highest BCUT2D eigenvalue weighted by Gasteiger charge is 2.09. The Morgan fingerprint density at radius 3 is 2.05 bits per heavy atom. The van der Waals surface area contributed by atoms with Crippen molar-refractivity contribution in [2.45, 2.75) is 26.8 Å². The summed E-state index contributed by atoms with van der Waals surface area (Å²) in [6, 6.07) is -0.390. The van der Waals surface area contributed by atoms with E-state index < -0.39 is 18.0 Å². The topological polar surface area (TPSA) is 90.9 Å². The lowest BCUT2D eigenvalue weighted by Crippen LogP contribution is -2.36. The number of esters is 2. The van der Waals surface area contributed by atoms with Crippen LogP contribution in [0.2, 0.25) is 0 Å². The predicted molar refractivity (Wildman–Crippen MR) is 66.4 cm³/mol. The molecule has 1 N–H and O–H groups in total. The first-order valence-corrected chi connectivity index (χ1v) is 5.94. The van der Waals surface area contributed by atoms with Crippen LogP contribution in [0.25, 0.3) is 0 Å². The molecule has 0 radical (unpaired) electrons. The molecule has 0 saturated carbocycles. The maximum absolute atomic E-state index is 11.2. The van der Waals surface area contributed by atoms with Crippen LogP contribution in [-0.4, -0.2) is 43.9 Å². The molecule has 0 bridgehead atoms. The Kier molecular flexibility index (Phi) is 8.86. The Hall–Kier alpha value is -2.05. The van der Waals surface area contributed by atoms with Crippen LogP contribution in [0.1, 0.15) is 20.8 Å². The van der Waals surface area contributed by atoms with E-state index in [2.05, 4.69) is 14.8 Å². The Labute approximate surface area is 111 Å². The van der Waals surface area contributed by atoms with Crippen molar-refractivity contribution in [3.8, 4) is 0 Å². The van der Waals surface area contributed by atoms with Crippen molar-refractivity contribution in [2.75, 3.05) is 19.8 Å². The molecule has 19 heavy (non-hydrogen) atoms. The smallest absolute Gasteiger partial charge is 0.407 e. The molecule has 0 aliphatic heterocycles. The molecule has 0 aliphatic rings. The van der Waals surface area contributed by atoms with Crippen LogP contribution in [0.15, 0.2) is 12.2 Å². The molecule has 0 fully saturated rings. The third-order valence-corrected chi connectivity index (χ3v) is 1.76. The third kappa shape index (κ3) is 9.63. The van der Waals surface area contributed by atoms with Gasteiger partial charge in [0.05, 0.1) is 19.3 Å². The summed E-state index contributed by atoms with van der Waals surface area (Å²) in [4.78, 5) is 33.2. The summed E-state index contributed by atoms with van der Waals surface area (Å²) in [6.07, 6.45) is 1.37. The highest BCUT2D eigenvalue weighted by atomic mass is 16.6. The summed E-state index contributed by atoms with van der Waals surface area (Å²) >= 11 is 0. The van der Waals surface area contributed by atoms with Crippen molar-refractivity contribution in [2.24, 2.45) is 0 Å². The van der Waals surface area contributed by atoms with E-state index in [9.17, 15) is 14.4 Å². The number of nitrogens with one attached hydrogen (secondary N) is 1. The van der Waals surface area contributed by atoms with Gasteiger partial charge in [-0.1, -0.05) is 0 Å². The summed E-state index contributed by atoms with van der Waals surface area (Å²) in [5.74, 6) is -1.30. The van der Waals surface area contributed by atoms with Crippen molar-refractivity contribution in [1.29, 1.82) is 0 Å². The number of hydrogen-bond acceptors (Lipinski definition) is 6. The van der Waals surface area contributed by atoms with Crippen molar-refractivity contribution in [3.63, 3.8) is 0 Å². The first kappa shape index (κ1) is 16.9. The van der Waals surface area contributed by atoms with E-state index in [-0.39, 0.29) is 25.9 Å². The Balaban J connectivity index is 3.89. The maximum atomic E-state index is 11.2. The van der Waals surface area contributed by atoms with E-state index in [4.69, 9.17) is 4.74 Å². The van der Waals surface area contributed by atoms with Crippen LogP contribution in [0.3, 0.4) is 0 Å². The number of ether oxygens (including phenoxy) is 3. The van der Waals surface area contributed by atoms with E-state index in [1.807, 2.05) is 0 Å². The number of carbonyl (C=O) groups is 3. The molecule has 0 heterocycles. The van der Waals surface area contributed by atoms with Gasteiger partial charge in [0.25, 0.3) is 0 Å². The molecule has 7 heteroatoms. The fraction of sp³-hybridized carbons (Fsp3) is 0.583. The molecular formula is C12H19NO6. The van der Waals surface area contributed by atoms with E-state index in [0.717, 1.165) is 12.2 Å². The number of rotatable bonds is 7. The normalized spacial score (nSPS) is 11.7. The molecule has 0 rings (SSSR count). The highest BCUT2D eigenvalue weighted by molar-refractivity contribution is 5.91. The molecule has 0 spiro atoms. The van der Waals surface area contributed by atoms with Crippen LogP contribution in [0, 0.1) is 0 Å². The van der Waals surface area contributed by atoms with Gasteiger partial charge in [0.1, 0.15) is 6.61 Å². The molecular weight excluding hydrogens is 254 g/mol. The Morgan fingerprint density at radius 1 is 1.00 bits per heavy atom. The van der Waals surface area contributed by atoms with Crippen molar-refractivity contribution in [1.82, 2.24) is 5.32 Å². The maximum Gasteiger partial charge on any atom is 0.407 e. The molecule has 0 aromatic carbocycles. The number of alkyl carbamates (subject to hydrolysis) is 1. The van der Waals surface area contributed by atoms with Gasteiger partial charge in [-0.3, -0.25) is 0 Å². The lowest BCUT2D eigenvalue weighted by molar-refractivity contribution is -0.140. The van der Waals surface area contributed by atoms with Gasteiger partial charge in [0.15, 0.2) is 0 Å². The molecule has 108 valence electrons. The fourth-order valence-electron chi connectivity index (χ4n) is 0.997. The largest absolute Gasteiger partial charge is 0.463 e. The van der Waals surface area contributed by atoms with Gasteiger partial charge in [-0.15, -0.1) is 0 Å². The summed E-state index contributed by atoms with van der Waals surface area (Å²) in [7, 11) is 0. The minimum absolute atomic E-state index is 0.0230. The highest BCUT2D eigenvalue weighted by Crippen LogP contribution is 1.90. The summed E-state index contributed by atoms with van der Waals surface area (Å²) in [6.45, 7) is 5.47. The van der Waals surface area contributed by atoms with Gasteiger partial charge < -0.3 is 19.5 Å². The van der Waals surface area contributed by atoms with E-state index >= 15 is 0 Å². The van der Waals surface area contributed by atoms with Crippen LogP contribution in [0.5, 0.6) is 0 Å². The molecule has 7 nitrogen and oxygen atoms in total. The van der Waals surface area contributed by atoms with Gasteiger partial charge in [-0.25, -0.2) is 14.4 Å². The summed E-state index contributed by atoms with van der Waals surface area (Å²) < 4.78 is 14.1. The van der Waals surface area contributed by atoms with Crippen LogP contribution in [-0.2, 0) is 23.8 Å². The van der Waals surface area contributed by atoms with Crippen molar-refractivity contribution < 1.29 is 28.6 Å². The van der Waals surface area contributed by atoms with Gasteiger partial charge in [0, 0.05) is 12.2 Å². The second-order valence-corrected chi connectivity index (χ2v) is 3.48. The van der Waals surface area contributed by atoms with Gasteiger partial charge in [0.2, 0.25) is 0 Å². The molecule has 1 atom stereocenters. The standard InChI is InChI=1S/C12H19NO6/c1-4-17-10(14)6-7-11(15)19-8-9(3)13-12(16)18-5-2/h6-7,9H,4-5,8H2,1-3H3,(H,13,16)/b7-6+/t9-/m0/s1. The summed E-state index contributed by atoms with van der Waals surface area (Å²) in [5.41, 5.74) is 0. The number of hydrogen-bond donors (Lipinski definition) is 1. The van der Waals surface area contributed by atoms with E-state index in [0.29, 0.717) is 0 Å². The van der Waals surface area contributed by atoms with Crippen LogP contribution >= 0.6 is 0 Å². The Bertz CT molecular complexity index is 339. The Morgan fingerprint density at radius 2 is 1.53 bits per heavy atom. The lowest BCUT2D eigenvalue weighted by atomic mass is 10.4. The third-order valence-electron chi connectivity index (χ3n) is 1.76. The van der Waals surface area contributed by atoms with Crippen molar-refractivity contribution in [3.05, 3.63) is 12.2 Å². The van der Waals surface area contributed by atoms with Crippen LogP contribution in [0.4, 0.5) is 4.79 Å². The second kappa shape index (κ2) is 9.93. The zero-order chi connectivity index (χ0) is 14.7. The van der Waals surface area contributed by atoms with Gasteiger partial charge in [-0.2, -0.15) is 0 Å². The number of amides is 1. The minimum Gasteiger partial charge on any atom is -0.463 e. The molecule has 1 amide bonds. The zero-order valence-electron chi connectivity index (χ0n) is 11.3. The first-order chi connectivity index (χ1) is 8.99. The van der Waals surface area contributed by atoms with Crippen molar-refractivity contribution >= 4 is 18.0 Å². The summed E-state index contributed by atoms with van der Waals surface area (Å²) in [5, 5.41) is 2.47.